The summed E-state index contributed by atoms with van der Waals surface area (Å²) in [4.78, 5) is 22.8. The molecule has 0 bridgehead atoms. The van der Waals surface area contributed by atoms with Crippen molar-refractivity contribution in [1.29, 1.82) is 0 Å². The fourth-order valence-corrected chi connectivity index (χ4v) is 2.22. The first kappa shape index (κ1) is 14.1. The SMILES string of the molecule is Cc1c(-c2ccc3c(c2)OC(F)(F)O3)ccn(C(=O)O)c1=O. The Bertz CT molecular complexity index is 844. The van der Waals surface area contributed by atoms with Crippen molar-refractivity contribution in [2.75, 3.05) is 0 Å². The maximum atomic E-state index is 13.0. The maximum absolute atomic E-state index is 13.0. The number of benzene rings is 1. The van der Waals surface area contributed by atoms with Crippen LogP contribution in [0.25, 0.3) is 11.1 Å². The van der Waals surface area contributed by atoms with Gasteiger partial charge in [0.2, 0.25) is 0 Å². The van der Waals surface area contributed by atoms with Gasteiger partial charge in [0.15, 0.2) is 11.5 Å². The number of pyridine rings is 1. The molecule has 1 aromatic carbocycles. The molecule has 2 heterocycles. The van der Waals surface area contributed by atoms with Crippen LogP contribution in [-0.4, -0.2) is 22.1 Å². The molecule has 3 rings (SSSR count). The molecule has 0 aliphatic carbocycles. The molecule has 0 amide bonds. The molecular formula is C14H9F2NO5. The van der Waals surface area contributed by atoms with Crippen LogP contribution < -0.4 is 15.0 Å². The second-order valence-corrected chi connectivity index (χ2v) is 4.64. The fraction of sp³-hybridized carbons (Fsp3) is 0.143. The second kappa shape index (κ2) is 4.55. The minimum absolute atomic E-state index is 0.106. The van der Waals surface area contributed by atoms with Gasteiger partial charge in [0.1, 0.15) is 0 Å². The highest BCUT2D eigenvalue weighted by Crippen LogP contribution is 2.43. The first-order valence-electron chi connectivity index (χ1n) is 6.14. The molecule has 0 saturated heterocycles. The Labute approximate surface area is 122 Å². The predicted molar refractivity (Wildman–Crippen MR) is 70.5 cm³/mol. The van der Waals surface area contributed by atoms with E-state index >= 15 is 0 Å². The molecular weight excluding hydrogens is 300 g/mol. The van der Waals surface area contributed by atoms with Gasteiger partial charge in [-0.2, -0.15) is 0 Å². The van der Waals surface area contributed by atoms with Gasteiger partial charge in [0, 0.05) is 11.8 Å². The summed E-state index contributed by atoms with van der Waals surface area (Å²) in [7, 11) is 0. The van der Waals surface area contributed by atoms with Gasteiger partial charge in [0.05, 0.1) is 0 Å². The Kier molecular flexibility index (Phi) is 2.91. The smallest absolute Gasteiger partial charge is 0.464 e. The minimum atomic E-state index is -3.72. The van der Waals surface area contributed by atoms with E-state index in [0.717, 1.165) is 6.20 Å². The molecule has 0 radical (unpaired) electrons. The third-order valence-electron chi connectivity index (χ3n) is 3.25. The molecule has 114 valence electrons. The number of carboxylic acid groups (broad SMARTS) is 1. The zero-order valence-electron chi connectivity index (χ0n) is 11.2. The van der Waals surface area contributed by atoms with Crippen LogP contribution in [0.15, 0.2) is 35.3 Å². The molecule has 0 atom stereocenters. The summed E-state index contributed by atoms with van der Waals surface area (Å²) in [5, 5.41) is 8.88. The average molecular weight is 309 g/mol. The molecule has 1 aliphatic heterocycles. The van der Waals surface area contributed by atoms with Crippen LogP contribution in [-0.2, 0) is 0 Å². The normalized spacial score (nSPS) is 14.9. The van der Waals surface area contributed by atoms with Crippen LogP contribution in [0.3, 0.4) is 0 Å². The summed E-state index contributed by atoms with van der Waals surface area (Å²) in [6.45, 7) is 1.45. The molecule has 1 aliphatic rings. The number of nitrogens with zero attached hydrogens (tertiary/aromatic N) is 1. The lowest BCUT2D eigenvalue weighted by atomic mass is 10.0. The van der Waals surface area contributed by atoms with Crippen LogP contribution in [0.4, 0.5) is 13.6 Å². The zero-order valence-corrected chi connectivity index (χ0v) is 11.2. The topological polar surface area (TPSA) is 77.8 Å². The van der Waals surface area contributed by atoms with Gasteiger partial charge < -0.3 is 14.6 Å². The van der Waals surface area contributed by atoms with E-state index < -0.39 is 17.9 Å². The molecule has 1 N–H and O–H groups in total. The van der Waals surface area contributed by atoms with Crippen LogP contribution >= 0.6 is 0 Å². The second-order valence-electron chi connectivity index (χ2n) is 4.64. The number of hydrogen-bond acceptors (Lipinski definition) is 4. The average Bonchev–Trinajstić information content (AvgIpc) is 2.74. The van der Waals surface area contributed by atoms with Crippen molar-refractivity contribution in [2.24, 2.45) is 0 Å². The number of halogens is 2. The van der Waals surface area contributed by atoms with Crippen molar-refractivity contribution in [2.45, 2.75) is 13.2 Å². The zero-order chi connectivity index (χ0) is 16.1. The monoisotopic (exact) mass is 309 g/mol. The van der Waals surface area contributed by atoms with Crippen molar-refractivity contribution in [3.8, 4) is 22.6 Å². The van der Waals surface area contributed by atoms with Crippen LogP contribution in [0.2, 0.25) is 0 Å². The van der Waals surface area contributed by atoms with E-state index in [9.17, 15) is 18.4 Å². The summed E-state index contributed by atoms with van der Waals surface area (Å²) >= 11 is 0. The largest absolute Gasteiger partial charge is 0.586 e. The summed E-state index contributed by atoms with van der Waals surface area (Å²) in [6.07, 6.45) is -4.01. The Morgan fingerprint density at radius 1 is 1.23 bits per heavy atom. The Balaban J connectivity index is 2.09. The lowest BCUT2D eigenvalue weighted by Gasteiger charge is -2.08. The van der Waals surface area contributed by atoms with Gasteiger partial charge in [-0.3, -0.25) is 4.79 Å². The van der Waals surface area contributed by atoms with Gasteiger partial charge in [-0.05, 0) is 36.2 Å². The third-order valence-corrected chi connectivity index (χ3v) is 3.25. The van der Waals surface area contributed by atoms with Crippen LogP contribution in [0, 0.1) is 6.92 Å². The highest BCUT2D eigenvalue weighted by molar-refractivity contribution is 5.73. The van der Waals surface area contributed by atoms with Crippen molar-refractivity contribution in [3.63, 3.8) is 0 Å². The highest BCUT2D eigenvalue weighted by Gasteiger charge is 2.43. The number of ether oxygens (including phenoxy) is 2. The molecule has 0 saturated carbocycles. The lowest BCUT2D eigenvalue weighted by Crippen LogP contribution is -2.27. The molecule has 8 heteroatoms. The van der Waals surface area contributed by atoms with E-state index in [0.29, 0.717) is 15.7 Å². The molecule has 2 aromatic rings. The van der Waals surface area contributed by atoms with Crippen molar-refractivity contribution in [1.82, 2.24) is 4.57 Å². The van der Waals surface area contributed by atoms with Crippen LogP contribution in [0.5, 0.6) is 11.5 Å². The molecule has 22 heavy (non-hydrogen) atoms. The number of carbonyl (C=O) groups is 1. The number of rotatable bonds is 1. The third kappa shape index (κ3) is 2.18. The summed E-state index contributed by atoms with van der Waals surface area (Å²) in [6, 6.07) is 5.51. The molecule has 0 unspecified atom stereocenters. The standard InChI is InChI=1S/C14H9F2NO5/c1-7-9(4-5-17(12(7)18)13(19)20)8-2-3-10-11(6-8)22-14(15,16)21-10/h2-6H,1H3,(H,19,20). The predicted octanol–water partition coefficient (Wildman–Crippen LogP) is 2.67. The van der Waals surface area contributed by atoms with Crippen molar-refractivity contribution >= 4 is 6.09 Å². The van der Waals surface area contributed by atoms with Crippen molar-refractivity contribution in [3.05, 3.63) is 46.4 Å². The van der Waals surface area contributed by atoms with Gasteiger partial charge in [-0.15, -0.1) is 8.78 Å². The Morgan fingerprint density at radius 2 is 1.91 bits per heavy atom. The Morgan fingerprint density at radius 3 is 2.59 bits per heavy atom. The van der Waals surface area contributed by atoms with Crippen LogP contribution in [0.1, 0.15) is 5.56 Å². The van der Waals surface area contributed by atoms with E-state index in [1.807, 2.05) is 0 Å². The molecule has 0 spiro atoms. The lowest BCUT2D eigenvalue weighted by molar-refractivity contribution is -0.286. The number of hydrogen-bond donors (Lipinski definition) is 1. The first-order chi connectivity index (χ1) is 10.3. The van der Waals surface area contributed by atoms with E-state index in [-0.39, 0.29) is 17.1 Å². The van der Waals surface area contributed by atoms with E-state index in [4.69, 9.17) is 5.11 Å². The number of aromatic nitrogens is 1. The molecule has 6 nitrogen and oxygen atoms in total. The van der Waals surface area contributed by atoms with E-state index in [2.05, 4.69) is 9.47 Å². The minimum Gasteiger partial charge on any atom is -0.464 e. The summed E-state index contributed by atoms with van der Waals surface area (Å²) in [5.74, 6) is -0.255. The quantitative estimate of drug-likeness (QED) is 0.876. The molecule has 0 fully saturated rings. The fourth-order valence-electron chi connectivity index (χ4n) is 2.22. The van der Waals surface area contributed by atoms with Gasteiger partial charge in [-0.1, -0.05) is 6.07 Å². The van der Waals surface area contributed by atoms with Crippen molar-refractivity contribution < 1.29 is 28.2 Å². The Hall–Kier alpha value is -2.90. The first-order valence-corrected chi connectivity index (χ1v) is 6.14. The number of alkyl halides is 2. The summed E-state index contributed by atoms with van der Waals surface area (Å²) in [5.41, 5.74) is 0.333. The van der Waals surface area contributed by atoms with Gasteiger partial charge >= 0.3 is 12.4 Å². The van der Waals surface area contributed by atoms with E-state index in [1.165, 1.54) is 31.2 Å². The van der Waals surface area contributed by atoms with E-state index in [1.54, 1.807) is 0 Å². The number of fused-ring (bicyclic) bond motifs is 1. The highest BCUT2D eigenvalue weighted by atomic mass is 19.3. The molecule has 1 aromatic heterocycles. The van der Waals surface area contributed by atoms with Gasteiger partial charge in [0.25, 0.3) is 5.56 Å². The maximum Gasteiger partial charge on any atom is 0.586 e. The van der Waals surface area contributed by atoms with Gasteiger partial charge in [-0.25, -0.2) is 9.36 Å². The summed E-state index contributed by atoms with van der Waals surface area (Å²) < 4.78 is 35.2.